The predicted molar refractivity (Wildman–Crippen MR) is 66.8 cm³/mol. The number of nitrogens with zero attached hydrogens (tertiary/aromatic N) is 1. The van der Waals surface area contributed by atoms with E-state index >= 15 is 0 Å². The molecule has 1 saturated heterocycles. The molecule has 3 nitrogen and oxygen atoms in total. The van der Waals surface area contributed by atoms with E-state index in [0.717, 1.165) is 26.2 Å². The summed E-state index contributed by atoms with van der Waals surface area (Å²) in [5.41, 5.74) is 0. The first kappa shape index (κ1) is 13.9. The van der Waals surface area contributed by atoms with Gasteiger partial charge in [-0.15, -0.1) is 0 Å². The summed E-state index contributed by atoms with van der Waals surface area (Å²) in [7, 11) is 0. The molecule has 0 unspecified atom stereocenters. The third-order valence-electron chi connectivity index (χ3n) is 2.89. The van der Waals surface area contributed by atoms with Crippen LogP contribution >= 0.6 is 0 Å². The van der Waals surface area contributed by atoms with Gasteiger partial charge in [0.25, 0.3) is 0 Å². The highest BCUT2D eigenvalue weighted by Gasteiger charge is 2.08. The van der Waals surface area contributed by atoms with Gasteiger partial charge in [-0.2, -0.15) is 0 Å². The number of hydrogen-bond acceptors (Lipinski definition) is 3. The van der Waals surface area contributed by atoms with Gasteiger partial charge in [-0.25, -0.2) is 0 Å². The average molecular weight is 229 g/mol. The van der Waals surface area contributed by atoms with Crippen molar-refractivity contribution in [2.45, 2.75) is 45.6 Å². The first-order valence-corrected chi connectivity index (χ1v) is 6.71. The Labute approximate surface area is 100 Å². The van der Waals surface area contributed by atoms with Crippen molar-refractivity contribution in [1.82, 2.24) is 4.90 Å². The second-order valence-corrected chi connectivity index (χ2v) is 4.79. The largest absolute Gasteiger partial charge is 0.379 e. The highest BCUT2D eigenvalue weighted by atomic mass is 16.5. The lowest BCUT2D eigenvalue weighted by Gasteiger charge is -2.26. The Morgan fingerprint density at radius 3 is 2.44 bits per heavy atom. The van der Waals surface area contributed by atoms with Gasteiger partial charge in [0.05, 0.1) is 19.3 Å². The Bertz CT molecular complexity index is 156. The van der Waals surface area contributed by atoms with Crippen LogP contribution in [-0.2, 0) is 9.47 Å². The fourth-order valence-corrected chi connectivity index (χ4v) is 2.02. The van der Waals surface area contributed by atoms with Gasteiger partial charge in [0.2, 0.25) is 0 Å². The van der Waals surface area contributed by atoms with Crippen molar-refractivity contribution in [3.63, 3.8) is 0 Å². The smallest absolute Gasteiger partial charge is 0.0703 e. The van der Waals surface area contributed by atoms with Crippen molar-refractivity contribution >= 4 is 0 Å². The van der Waals surface area contributed by atoms with Crippen LogP contribution in [-0.4, -0.2) is 50.5 Å². The van der Waals surface area contributed by atoms with Crippen LogP contribution in [0.2, 0.25) is 0 Å². The topological polar surface area (TPSA) is 21.7 Å². The van der Waals surface area contributed by atoms with Crippen molar-refractivity contribution in [2.24, 2.45) is 0 Å². The monoisotopic (exact) mass is 229 g/mol. The molecule has 16 heavy (non-hydrogen) atoms. The van der Waals surface area contributed by atoms with Crippen LogP contribution in [0.3, 0.4) is 0 Å². The maximum Gasteiger partial charge on any atom is 0.0703 e. The molecule has 0 aromatic heterocycles. The van der Waals surface area contributed by atoms with Gasteiger partial charge in [-0.05, 0) is 46.2 Å². The molecule has 0 N–H and O–H groups in total. The summed E-state index contributed by atoms with van der Waals surface area (Å²) in [6.45, 7) is 10.2. The van der Waals surface area contributed by atoms with Gasteiger partial charge >= 0.3 is 0 Å². The minimum Gasteiger partial charge on any atom is -0.379 e. The van der Waals surface area contributed by atoms with E-state index in [2.05, 4.69) is 18.7 Å². The highest BCUT2D eigenvalue weighted by molar-refractivity contribution is 4.63. The molecule has 96 valence electrons. The first-order chi connectivity index (χ1) is 7.79. The molecule has 0 saturated carbocycles. The minimum atomic E-state index is 0.317. The Balaban J connectivity index is 1.80. The molecule has 1 fully saturated rings. The molecule has 1 heterocycles. The van der Waals surface area contributed by atoms with Crippen molar-refractivity contribution in [1.29, 1.82) is 0 Å². The number of likely N-dealkylation sites (tertiary alicyclic amines) is 1. The molecular weight excluding hydrogens is 202 g/mol. The van der Waals surface area contributed by atoms with Crippen LogP contribution in [0.25, 0.3) is 0 Å². The molecule has 0 bridgehead atoms. The van der Waals surface area contributed by atoms with E-state index in [0.29, 0.717) is 6.10 Å². The Morgan fingerprint density at radius 2 is 1.75 bits per heavy atom. The van der Waals surface area contributed by atoms with E-state index in [9.17, 15) is 0 Å². The summed E-state index contributed by atoms with van der Waals surface area (Å²) in [6, 6.07) is 0. The van der Waals surface area contributed by atoms with Crippen molar-refractivity contribution in [3.05, 3.63) is 0 Å². The predicted octanol–water partition coefficient (Wildman–Crippen LogP) is 2.30. The van der Waals surface area contributed by atoms with E-state index in [1.165, 1.54) is 38.9 Å². The molecule has 0 amide bonds. The minimum absolute atomic E-state index is 0.317. The molecule has 1 aliphatic heterocycles. The molecule has 3 heteroatoms. The molecule has 0 spiro atoms. The Morgan fingerprint density at radius 1 is 1.00 bits per heavy atom. The van der Waals surface area contributed by atoms with Gasteiger partial charge in [0.15, 0.2) is 0 Å². The van der Waals surface area contributed by atoms with Gasteiger partial charge in [-0.1, -0.05) is 6.42 Å². The molecular formula is C13H27NO2. The van der Waals surface area contributed by atoms with Crippen LogP contribution in [0.5, 0.6) is 0 Å². The van der Waals surface area contributed by atoms with E-state index in [1.807, 2.05) is 0 Å². The Hall–Kier alpha value is -0.120. The van der Waals surface area contributed by atoms with Crippen molar-refractivity contribution in [2.75, 3.05) is 39.5 Å². The lowest BCUT2D eigenvalue weighted by atomic mass is 10.1. The van der Waals surface area contributed by atoms with E-state index in [1.54, 1.807) is 0 Å². The second kappa shape index (κ2) is 8.97. The summed E-state index contributed by atoms with van der Waals surface area (Å²) in [5.74, 6) is 0. The fourth-order valence-electron chi connectivity index (χ4n) is 2.02. The summed E-state index contributed by atoms with van der Waals surface area (Å²) in [4.78, 5) is 2.55. The zero-order valence-corrected chi connectivity index (χ0v) is 10.9. The van der Waals surface area contributed by atoms with Crippen molar-refractivity contribution < 1.29 is 9.47 Å². The van der Waals surface area contributed by atoms with Crippen LogP contribution < -0.4 is 0 Å². The van der Waals surface area contributed by atoms with Crippen molar-refractivity contribution in [3.8, 4) is 0 Å². The van der Waals surface area contributed by atoms with Gasteiger partial charge < -0.3 is 14.4 Å². The molecule has 0 aliphatic carbocycles. The molecule has 0 atom stereocenters. The van der Waals surface area contributed by atoms with Crippen LogP contribution in [0, 0.1) is 0 Å². The number of piperidine rings is 1. The zero-order chi connectivity index (χ0) is 11.6. The number of ether oxygens (including phenoxy) is 2. The van der Waals surface area contributed by atoms with Crippen LogP contribution in [0.15, 0.2) is 0 Å². The summed E-state index contributed by atoms with van der Waals surface area (Å²) >= 11 is 0. The van der Waals surface area contributed by atoms with Gasteiger partial charge in [0.1, 0.15) is 0 Å². The number of rotatable bonds is 8. The highest BCUT2D eigenvalue weighted by Crippen LogP contribution is 2.08. The molecule has 1 rings (SSSR count). The maximum absolute atomic E-state index is 5.52. The van der Waals surface area contributed by atoms with Gasteiger partial charge in [0, 0.05) is 13.2 Å². The second-order valence-electron chi connectivity index (χ2n) is 4.79. The normalized spacial score (nSPS) is 18.2. The fraction of sp³-hybridized carbons (Fsp3) is 1.00. The summed E-state index contributed by atoms with van der Waals surface area (Å²) < 4.78 is 10.9. The molecule has 0 radical (unpaired) electrons. The molecule has 1 aliphatic rings. The van der Waals surface area contributed by atoms with E-state index in [4.69, 9.17) is 9.47 Å². The Kier molecular flexibility index (Phi) is 7.81. The summed E-state index contributed by atoms with van der Waals surface area (Å²) in [5, 5.41) is 0. The third-order valence-corrected chi connectivity index (χ3v) is 2.89. The maximum atomic E-state index is 5.52. The van der Waals surface area contributed by atoms with E-state index in [-0.39, 0.29) is 0 Å². The zero-order valence-electron chi connectivity index (χ0n) is 10.9. The lowest BCUT2D eigenvalue weighted by Crippen LogP contribution is -2.31. The quantitative estimate of drug-likeness (QED) is 0.596. The molecule has 0 aromatic carbocycles. The van der Waals surface area contributed by atoms with E-state index < -0.39 is 0 Å². The number of hydrogen-bond donors (Lipinski definition) is 0. The van der Waals surface area contributed by atoms with Crippen LogP contribution in [0.1, 0.15) is 39.5 Å². The third kappa shape index (κ3) is 7.20. The standard InChI is InChI=1S/C13H27NO2/c1-13(2)16-12-11-15-10-6-9-14-7-4-3-5-8-14/h13H,3-12H2,1-2H3. The summed E-state index contributed by atoms with van der Waals surface area (Å²) in [6.07, 6.45) is 5.64. The van der Waals surface area contributed by atoms with Gasteiger partial charge in [-0.3, -0.25) is 0 Å². The SMILES string of the molecule is CC(C)OCCOCCCN1CCCCC1. The lowest BCUT2D eigenvalue weighted by molar-refractivity contribution is 0.0172. The van der Waals surface area contributed by atoms with Crippen LogP contribution in [0.4, 0.5) is 0 Å². The average Bonchev–Trinajstić information content (AvgIpc) is 2.29. The molecule has 0 aromatic rings. The first-order valence-electron chi connectivity index (χ1n) is 6.71.